The topological polar surface area (TPSA) is 108 Å². The first-order chi connectivity index (χ1) is 20.0. The number of rotatable bonds is 12. The van der Waals surface area contributed by atoms with Gasteiger partial charge in [-0.3, -0.25) is 4.79 Å². The molecule has 0 atom stereocenters. The Hall–Kier alpha value is -4.58. The molecule has 3 aromatic rings. The molecular formula is C29H27ClF3N3O6. The lowest BCUT2D eigenvalue weighted by molar-refractivity contribution is -0.218. The third-order valence-corrected chi connectivity index (χ3v) is 6.12. The Balaban J connectivity index is 1.85. The monoisotopic (exact) mass is 605 g/mol. The maximum Gasteiger partial charge on any atom is 0.502 e. The van der Waals surface area contributed by atoms with Gasteiger partial charge in [0.05, 0.1) is 16.3 Å². The number of benzene rings is 3. The van der Waals surface area contributed by atoms with Gasteiger partial charge in [0.15, 0.2) is 17.3 Å². The summed E-state index contributed by atoms with van der Waals surface area (Å²) in [7, 11) is 2.72. The number of oxime groups is 2. The van der Waals surface area contributed by atoms with Gasteiger partial charge in [-0.15, -0.1) is 0 Å². The smallest absolute Gasteiger partial charge is 0.453 e. The lowest BCUT2D eigenvalue weighted by Gasteiger charge is -2.19. The fraction of sp³-hybridized carbons (Fsp3) is 0.241. The number of carbonyl (C=O) groups is 2. The largest absolute Gasteiger partial charge is 0.502 e. The zero-order valence-electron chi connectivity index (χ0n) is 23.0. The number of esters is 1. The van der Waals surface area contributed by atoms with Gasteiger partial charge in [0.25, 0.3) is 5.91 Å². The molecule has 0 aromatic heterocycles. The number of hydrogen-bond donors (Lipinski definition) is 1. The van der Waals surface area contributed by atoms with E-state index < -0.39 is 36.2 Å². The number of carbonyl (C=O) groups excluding carboxylic acids is 2. The predicted octanol–water partition coefficient (Wildman–Crippen LogP) is 5.54. The van der Waals surface area contributed by atoms with Crippen LogP contribution < -0.4 is 10.1 Å². The minimum atomic E-state index is -4.57. The van der Waals surface area contributed by atoms with Crippen LogP contribution in [0.2, 0.25) is 5.02 Å². The molecule has 13 heteroatoms. The van der Waals surface area contributed by atoms with Gasteiger partial charge in [0.1, 0.15) is 20.3 Å². The molecule has 0 aliphatic carbocycles. The van der Waals surface area contributed by atoms with Crippen molar-refractivity contribution < 1.29 is 41.9 Å². The normalized spacial score (nSPS) is 12.0. The van der Waals surface area contributed by atoms with Crippen LogP contribution in [-0.2, 0) is 37.2 Å². The summed E-state index contributed by atoms with van der Waals surface area (Å²) >= 11 is 6.20. The highest BCUT2D eigenvalue weighted by atomic mass is 35.5. The molecule has 0 radical (unpaired) electrons. The summed E-state index contributed by atoms with van der Waals surface area (Å²) in [5.74, 6) is -4.80. The zero-order valence-corrected chi connectivity index (χ0v) is 23.8. The lowest BCUT2D eigenvalue weighted by Crippen LogP contribution is -2.37. The molecule has 1 N–H and O–H groups in total. The van der Waals surface area contributed by atoms with E-state index in [0.717, 1.165) is 17.7 Å². The minimum absolute atomic E-state index is 0.0201. The summed E-state index contributed by atoms with van der Waals surface area (Å²) in [5.41, 5.74) is 1.56. The van der Waals surface area contributed by atoms with Crippen LogP contribution in [0.25, 0.3) is 0 Å². The maximum absolute atomic E-state index is 14.8. The Kier molecular flexibility index (Phi) is 10.9. The van der Waals surface area contributed by atoms with Crippen LogP contribution in [0, 0.1) is 12.7 Å². The summed E-state index contributed by atoms with van der Waals surface area (Å²) in [5, 5.41) is 9.98. The number of likely N-dealkylation sites (N-methyl/N-ethyl adjacent to an activating group) is 1. The van der Waals surface area contributed by atoms with Gasteiger partial charge in [-0.05, 0) is 37.1 Å². The van der Waals surface area contributed by atoms with Crippen molar-refractivity contribution in [2.45, 2.75) is 33.2 Å². The first kappa shape index (κ1) is 31.9. The van der Waals surface area contributed by atoms with E-state index in [1.807, 2.05) is 0 Å². The third kappa shape index (κ3) is 7.78. The first-order valence-electron chi connectivity index (χ1n) is 12.3. The molecule has 1 amide bonds. The van der Waals surface area contributed by atoms with Crippen LogP contribution in [0.5, 0.6) is 5.75 Å². The summed E-state index contributed by atoms with van der Waals surface area (Å²) in [6, 6.07) is 15.2. The lowest BCUT2D eigenvalue weighted by atomic mass is 9.98. The van der Waals surface area contributed by atoms with Crippen LogP contribution in [0.15, 0.2) is 71.0 Å². The molecule has 0 aliphatic rings. The van der Waals surface area contributed by atoms with Crippen LogP contribution in [0.4, 0.5) is 13.2 Å². The second-order valence-electron chi connectivity index (χ2n) is 8.67. The quantitative estimate of drug-likeness (QED) is 0.165. The highest BCUT2D eigenvalue weighted by Gasteiger charge is 2.46. The van der Waals surface area contributed by atoms with Crippen molar-refractivity contribution >= 4 is 34.9 Å². The van der Waals surface area contributed by atoms with Crippen LogP contribution in [0.3, 0.4) is 0 Å². The number of ether oxygens (including phenoxy) is 2. The molecule has 0 aliphatic heterocycles. The molecule has 0 unspecified atom stereocenters. The van der Waals surface area contributed by atoms with E-state index in [1.54, 1.807) is 55.5 Å². The van der Waals surface area contributed by atoms with Gasteiger partial charge in [0, 0.05) is 18.2 Å². The molecule has 0 bridgehead atoms. The number of alkyl halides is 2. The average Bonchev–Trinajstić information content (AvgIpc) is 2.97. The number of amides is 1. The van der Waals surface area contributed by atoms with Crippen LogP contribution in [0.1, 0.15) is 34.7 Å². The third-order valence-electron chi connectivity index (χ3n) is 5.80. The van der Waals surface area contributed by atoms with Crippen molar-refractivity contribution in [2.75, 3.05) is 14.2 Å². The first-order valence-corrected chi connectivity index (χ1v) is 12.7. The molecule has 0 saturated carbocycles. The number of nitrogens with zero attached hydrogens (tertiary/aromatic N) is 2. The fourth-order valence-electron chi connectivity index (χ4n) is 3.72. The fourth-order valence-corrected chi connectivity index (χ4v) is 4.01. The molecule has 9 nitrogen and oxygen atoms in total. The Labute approximate surface area is 244 Å². The zero-order chi connectivity index (χ0) is 30.9. The van der Waals surface area contributed by atoms with E-state index in [2.05, 4.69) is 25.1 Å². The standard InChI is InChI=1S/C29H27ClF3N3O6/c1-17-9-8-12-20(25(36-39-4)27(37)34-3)21(17)16-41-35-18(2)24-22(30)13-14-23(31)26(24)42-29(32,33)28(38)40-15-19-10-6-5-7-11-19/h5-14H,15-16H2,1-4H3,(H,34,37)/b35-18+,36-25+. The van der Waals surface area contributed by atoms with Gasteiger partial charge in [0.2, 0.25) is 0 Å². The Morgan fingerprint density at radius 1 is 1.00 bits per heavy atom. The van der Waals surface area contributed by atoms with E-state index in [9.17, 15) is 22.8 Å². The van der Waals surface area contributed by atoms with E-state index >= 15 is 0 Å². The van der Waals surface area contributed by atoms with Crippen LogP contribution >= 0.6 is 11.6 Å². The molecule has 42 heavy (non-hydrogen) atoms. The van der Waals surface area contributed by atoms with Crippen molar-refractivity contribution in [2.24, 2.45) is 10.3 Å². The molecule has 222 valence electrons. The number of halogens is 4. The number of nitrogens with one attached hydrogen (secondary N) is 1. The summed E-state index contributed by atoms with van der Waals surface area (Å²) in [6.07, 6.45) is -4.57. The van der Waals surface area contributed by atoms with Gasteiger partial charge in [-0.25, -0.2) is 9.18 Å². The second kappa shape index (κ2) is 14.4. The number of aryl methyl sites for hydroxylation is 1. The van der Waals surface area contributed by atoms with Crippen molar-refractivity contribution in [1.82, 2.24) is 5.32 Å². The van der Waals surface area contributed by atoms with Gasteiger partial charge in [-0.2, -0.15) is 8.78 Å². The maximum atomic E-state index is 14.8. The average molecular weight is 606 g/mol. The van der Waals surface area contributed by atoms with E-state index in [0.29, 0.717) is 16.7 Å². The van der Waals surface area contributed by atoms with Gasteiger partial charge >= 0.3 is 12.1 Å². The van der Waals surface area contributed by atoms with Crippen molar-refractivity contribution in [3.05, 3.63) is 99.3 Å². The van der Waals surface area contributed by atoms with Crippen molar-refractivity contribution in [1.29, 1.82) is 0 Å². The molecular weight excluding hydrogens is 579 g/mol. The molecule has 3 aromatic carbocycles. The Bertz CT molecular complexity index is 1500. The summed E-state index contributed by atoms with van der Waals surface area (Å²) in [6.45, 7) is 2.43. The molecule has 0 heterocycles. The second-order valence-corrected chi connectivity index (χ2v) is 9.07. The van der Waals surface area contributed by atoms with Crippen molar-refractivity contribution in [3.63, 3.8) is 0 Å². The Morgan fingerprint density at radius 2 is 1.71 bits per heavy atom. The molecule has 0 spiro atoms. The highest BCUT2D eigenvalue weighted by Crippen LogP contribution is 2.34. The molecule has 0 fully saturated rings. The predicted molar refractivity (Wildman–Crippen MR) is 149 cm³/mol. The van der Waals surface area contributed by atoms with Crippen molar-refractivity contribution in [3.8, 4) is 5.75 Å². The number of hydrogen-bond acceptors (Lipinski definition) is 8. The van der Waals surface area contributed by atoms with Gasteiger partial charge in [-0.1, -0.05) is 70.4 Å². The molecule has 3 rings (SSSR count). The summed E-state index contributed by atoms with van der Waals surface area (Å²) in [4.78, 5) is 34.8. The van der Waals surface area contributed by atoms with E-state index in [4.69, 9.17) is 21.3 Å². The van der Waals surface area contributed by atoms with Gasteiger partial charge < -0.3 is 24.5 Å². The Morgan fingerprint density at radius 3 is 2.38 bits per heavy atom. The minimum Gasteiger partial charge on any atom is -0.453 e. The highest BCUT2D eigenvalue weighted by molar-refractivity contribution is 6.45. The SMILES string of the molecule is CNC(=O)/C(=N/OC)c1cccc(C)c1CO/N=C(\C)c1c(Cl)ccc(F)c1OC(F)(F)C(=O)OCc1ccccc1. The van der Waals surface area contributed by atoms with Crippen LogP contribution in [-0.4, -0.2) is 43.6 Å². The summed E-state index contributed by atoms with van der Waals surface area (Å²) < 4.78 is 53.4. The van der Waals surface area contributed by atoms with E-state index in [-0.39, 0.29) is 28.6 Å². The molecule has 0 saturated heterocycles. The van der Waals surface area contributed by atoms with E-state index in [1.165, 1.54) is 21.1 Å².